The number of aliphatic hydroxyl groups excluding tert-OH is 1. The Kier molecular flexibility index (Phi) is 9.18. The summed E-state index contributed by atoms with van der Waals surface area (Å²) in [5.74, 6) is 0.716. The van der Waals surface area contributed by atoms with Crippen LogP contribution in [0.1, 0.15) is 85.9 Å². The molecule has 0 aromatic heterocycles. The van der Waals surface area contributed by atoms with Crippen LogP contribution in [-0.2, 0) is 17.4 Å². The molecule has 0 aliphatic carbocycles. The number of aromatic hydroxyl groups is 1. The van der Waals surface area contributed by atoms with E-state index in [9.17, 15) is 10.2 Å². The normalized spacial score (nSPS) is 13.4. The molecule has 1 aromatic carbocycles. The Morgan fingerprint density at radius 2 is 1.48 bits per heavy atom. The van der Waals surface area contributed by atoms with Gasteiger partial charge in [-0.05, 0) is 27.9 Å². The van der Waals surface area contributed by atoms with E-state index in [1.165, 1.54) is 5.56 Å². The third kappa shape index (κ3) is 6.99. The lowest BCUT2D eigenvalue weighted by Crippen LogP contribution is -2.36. The maximum atomic E-state index is 10.7. The monoisotopic (exact) mass is 351 g/mol. The number of benzene rings is 1. The van der Waals surface area contributed by atoms with E-state index in [4.69, 9.17) is 0 Å². The first kappa shape index (κ1) is 23.9. The van der Waals surface area contributed by atoms with Crippen molar-refractivity contribution in [2.45, 2.75) is 92.7 Å². The molecule has 3 N–H and O–H groups in total. The van der Waals surface area contributed by atoms with Gasteiger partial charge < -0.3 is 15.5 Å². The maximum Gasteiger partial charge on any atom is 0.123 e. The van der Waals surface area contributed by atoms with Crippen LogP contribution < -0.4 is 5.32 Å². The average molecular weight is 352 g/mol. The van der Waals surface area contributed by atoms with E-state index in [0.717, 1.165) is 11.1 Å². The summed E-state index contributed by atoms with van der Waals surface area (Å²) in [6.07, 6.45) is 0. The molecule has 0 aliphatic heterocycles. The minimum atomic E-state index is -0.117. The molecule has 0 spiro atoms. The van der Waals surface area contributed by atoms with Crippen LogP contribution in [0.4, 0.5) is 0 Å². The number of aliphatic hydroxyl groups is 1. The molecule has 0 saturated carbocycles. The van der Waals surface area contributed by atoms with Crippen LogP contribution >= 0.6 is 0 Å². The van der Waals surface area contributed by atoms with Crippen LogP contribution in [0, 0.1) is 5.92 Å². The third-order valence-electron chi connectivity index (χ3n) is 4.42. The summed E-state index contributed by atoms with van der Waals surface area (Å²) in [6, 6.07) is 4.25. The van der Waals surface area contributed by atoms with Gasteiger partial charge in [0.2, 0.25) is 0 Å². The molecule has 3 nitrogen and oxygen atoms in total. The van der Waals surface area contributed by atoms with Crippen molar-refractivity contribution in [2.24, 2.45) is 5.92 Å². The molecule has 1 atom stereocenters. The summed E-state index contributed by atoms with van der Waals surface area (Å²) < 4.78 is 0. The molecule has 0 bridgehead atoms. The van der Waals surface area contributed by atoms with Gasteiger partial charge in [-0.25, -0.2) is 0 Å². The van der Waals surface area contributed by atoms with Gasteiger partial charge in [0.1, 0.15) is 5.75 Å². The molecule has 0 heterocycles. The van der Waals surface area contributed by atoms with Gasteiger partial charge in [-0.3, -0.25) is 0 Å². The highest BCUT2D eigenvalue weighted by molar-refractivity contribution is 5.48. The Labute approximate surface area is 155 Å². The van der Waals surface area contributed by atoms with Crippen LogP contribution in [0.5, 0.6) is 5.75 Å². The van der Waals surface area contributed by atoms with Crippen molar-refractivity contribution >= 4 is 0 Å². The molecular formula is C22H41NO2. The molecule has 1 unspecified atom stereocenters. The zero-order valence-electron chi connectivity index (χ0n) is 18.1. The number of phenols is 1. The minimum absolute atomic E-state index is 0.0247. The molecule has 1 aromatic rings. The summed E-state index contributed by atoms with van der Waals surface area (Å²) >= 11 is 0. The lowest BCUT2D eigenvalue weighted by atomic mass is 9.79. The minimum Gasteiger partial charge on any atom is -0.507 e. The number of hydrogen-bond acceptors (Lipinski definition) is 3. The molecule has 0 saturated heterocycles. The SMILES string of the molecule is CC.CC(C)C(CO)NCc1cc(C(C)(C)C)cc(C(C)(C)C)c1O. The quantitative estimate of drug-likeness (QED) is 0.690. The standard InChI is InChI=1S/C20H35NO2.C2H6/c1-13(2)17(12-22)21-11-14-9-15(19(3,4)5)10-16(18(14)23)20(6,7)8;1-2/h9-10,13,17,21-23H,11-12H2,1-8H3;1-2H3. The second kappa shape index (κ2) is 9.59. The van der Waals surface area contributed by atoms with Crippen molar-refractivity contribution < 1.29 is 10.2 Å². The highest BCUT2D eigenvalue weighted by atomic mass is 16.3. The van der Waals surface area contributed by atoms with Gasteiger partial charge in [0.25, 0.3) is 0 Å². The fourth-order valence-electron chi connectivity index (χ4n) is 2.59. The Balaban J connectivity index is 0.00000277. The number of hydrogen-bond donors (Lipinski definition) is 3. The van der Waals surface area contributed by atoms with E-state index >= 15 is 0 Å². The van der Waals surface area contributed by atoms with Crippen molar-refractivity contribution in [1.82, 2.24) is 5.32 Å². The summed E-state index contributed by atoms with van der Waals surface area (Å²) in [4.78, 5) is 0. The fourth-order valence-corrected chi connectivity index (χ4v) is 2.59. The van der Waals surface area contributed by atoms with E-state index < -0.39 is 0 Å². The first-order valence-corrected chi connectivity index (χ1v) is 9.59. The van der Waals surface area contributed by atoms with Gasteiger partial charge in [0.15, 0.2) is 0 Å². The predicted molar refractivity (Wildman–Crippen MR) is 109 cm³/mol. The van der Waals surface area contributed by atoms with Crippen molar-refractivity contribution in [1.29, 1.82) is 0 Å². The smallest absolute Gasteiger partial charge is 0.123 e. The Hall–Kier alpha value is -1.06. The molecule has 1 rings (SSSR count). The van der Waals surface area contributed by atoms with Crippen molar-refractivity contribution in [3.63, 3.8) is 0 Å². The van der Waals surface area contributed by atoms with Gasteiger partial charge in [0, 0.05) is 18.2 Å². The summed E-state index contributed by atoms with van der Waals surface area (Å²) in [7, 11) is 0. The van der Waals surface area contributed by atoms with E-state index in [1.54, 1.807) is 0 Å². The van der Waals surface area contributed by atoms with Crippen LogP contribution in [0.2, 0.25) is 0 Å². The topological polar surface area (TPSA) is 52.5 Å². The zero-order chi connectivity index (χ0) is 20.0. The fraction of sp³-hybridized carbons (Fsp3) is 0.727. The zero-order valence-corrected chi connectivity index (χ0v) is 18.1. The van der Waals surface area contributed by atoms with Crippen molar-refractivity contribution in [3.8, 4) is 5.75 Å². The van der Waals surface area contributed by atoms with Gasteiger partial charge >= 0.3 is 0 Å². The van der Waals surface area contributed by atoms with Crippen LogP contribution in [0.15, 0.2) is 12.1 Å². The molecular weight excluding hydrogens is 310 g/mol. The van der Waals surface area contributed by atoms with Crippen LogP contribution in [0.3, 0.4) is 0 Å². The van der Waals surface area contributed by atoms with Crippen molar-refractivity contribution in [3.05, 3.63) is 28.8 Å². The van der Waals surface area contributed by atoms with E-state index in [2.05, 4.69) is 72.8 Å². The average Bonchev–Trinajstić information content (AvgIpc) is 2.48. The Morgan fingerprint density at radius 3 is 1.84 bits per heavy atom. The van der Waals surface area contributed by atoms with Crippen molar-refractivity contribution in [2.75, 3.05) is 6.61 Å². The number of nitrogens with one attached hydrogen (secondary N) is 1. The third-order valence-corrected chi connectivity index (χ3v) is 4.42. The first-order chi connectivity index (χ1) is 11.4. The van der Waals surface area contributed by atoms with E-state index in [0.29, 0.717) is 18.2 Å². The summed E-state index contributed by atoms with van der Waals surface area (Å²) in [6.45, 7) is 21.8. The maximum absolute atomic E-state index is 10.7. The highest BCUT2D eigenvalue weighted by Crippen LogP contribution is 2.37. The second-order valence-corrected chi connectivity index (χ2v) is 8.95. The van der Waals surface area contributed by atoms with Gasteiger partial charge in [-0.15, -0.1) is 0 Å². The summed E-state index contributed by atoms with van der Waals surface area (Å²) in [5.41, 5.74) is 3.01. The molecule has 0 radical (unpaired) electrons. The predicted octanol–water partition coefficient (Wildman–Crippen LogP) is 5.12. The molecule has 0 aliphatic rings. The van der Waals surface area contributed by atoms with Crippen LogP contribution in [-0.4, -0.2) is 22.9 Å². The van der Waals surface area contributed by atoms with E-state index in [-0.39, 0.29) is 23.5 Å². The molecule has 0 fully saturated rings. The second-order valence-electron chi connectivity index (χ2n) is 8.95. The highest BCUT2D eigenvalue weighted by Gasteiger charge is 2.25. The van der Waals surface area contributed by atoms with Gasteiger partial charge in [-0.2, -0.15) is 0 Å². The molecule has 146 valence electrons. The largest absolute Gasteiger partial charge is 0.507 e. The molecule has 0 amide bonds. The van der Waals surface area contributed by atoms with E-state index in [1.807, 2.05) is 13.8 Å². The first-order valence-electron chi connectivity index (χ1n) is 9.59. The Bertz CT molecular complexity index is 522. The van der Waals surface area contributed by atoms with Gasteiger partial charge in [0.05, 0.1) is 6.61 Å². The number of rotatable bonds is 5. The number of phenolic OH excluding ortho intramolecular Hbond substituents is 1. The summed E-state index contributed by atoms with van der Waals surface area (Å²) in [5, 5.41) is 23.6. The van der Waals surface area contributed by atoms with Gasteiger partial charge in [-0.1, -0.05) is 81.4 Å². The lowest BCUT2D eigenvalue weighted by Gasteiger charge is -2.28. The Morgan fingerprint density at radius 1 is 0.960 bits per heavy atom. The molecule has 3 heteroatoms. The lowest BCUT2D eigenvalue weighted by molar-refractivity contribution is 0.209. The molecule has 25 heavy (non-hydrogen) atoms. The van der Waals surface area contributed by atoms with Crippen LogP contribution in [0.25, 0.3) is 0 Å².